The van der Waals surface area contributed by atoms with E-state index >= 15 is 0 Å². The normalized spacial score (nSPS) is 11.9. The van der Waals surface area contributed by atoms with Crippen molar-refractivity contribution in [3.05, 3.63) is 59.5 Å². The molecule has 1 aromatic carbocycles. The molecular weight excluding hydrogens is 400 g/mol. The summed E-state index contributed by atoms with van der Waals surface area (Å²) < 4.78 is 12.2. The van der Waals surface area contributed by atoms with E-state index in [2.05, 4.69) is 35.3 Å². The number of esters is 1. The standard InChI is InChI=1S/C20H20N8O3/c1-12-6-5-7-15(10-12)28-25-17(22-26-28)13(2)31-20-24-23-18(27(20)3)16-9-8-14(11-21-16)19(29)30-4/h5-11,13H,1-4H3/t13-/m1/s1. The minimum atomic E-state index is -0.510. The Morgan fingerprint density at radius 1 is 1.13 bits per heavy atom. The molecule has 3 aromatic heterocycles. The molecule has 0 bridgehead atoms. The van der Waals surface area contributed by atoms with Crippen LogP contribution < -0.4 is 4.74 Å². The van der Waals surface area contributed by atoms with Crippen LogP contribution in [0, 0.1) is 6.92 Å². The Kier molecular flexibility index (Phi) is 5.39. The number of aryl methyl sites for hydroxylation is 1. The average Bonchev–Trinajstić information content (AvgIpc) is 3.41. The highest BCUT2D eigenvalue weighted by molar-refractivity contribution is 5.89. The van der Waals surface area contributed by atoms with Gasteiger partial charge in [0.2, 0.25) is 5.82 Å². The molecule has 4 aromatic rings. The van der Waals surface area contributed by atoms with E-state index in [1.54, 1.807) is 30.7 Å². The van der Waals surface area contributed by atoms with Crippen LogP contribution >= 0.6 is 0 Å². The molecule has 0 saturated heterocycles. The highest BCUT2D eigenvalue weighted by Gasteiger charge is 2.20. The summed E-state index contributed by atoms with van der Waals surface area (Å²) in [5.74, 6) is 0.433. The van der Waals surface area contributed by atoms with E-state index in [1.165, 1.54) is 18.1 Å². The molecule has 0 aliphatic carbocycles. The lowest BCUT2D eigenvalue weighted by Gasteiger charge is -2.10. The SMILES string of the molecule is COC(=O)c1ccc(-c2nnc(O[C@H](C)c3nnn(-c4cccc(C)c4)n3)n2C)nc1. The van der Waals surface area contributed by atoms with Gasteiger partial charge in [-0.25, -0.2) is 4.79 Å². The van der Waals surface area contributed by atoms with Crippen LogP contribution in [0.5, 0.6) is 6.01 Å². The maximum atomic E-state index is 11.6. The molecule has 11 heteroatoms. The molecule has 0 fully saturated rings. The zero-order chi connectivity index (χ0) is 22.0. The van der Waals surface area contributed by atoms with Gasteiger partial charge in [-0.05, 0) is 48.9 Å². The van der Waals surface area contributed by atoms with Gasteiger partial charge in [0, 0.05) is 13.2 Å². The summed E-state index contributed by atoms with van der Waals surface area (Å²) in [6, 6.07) is 11.3. The number of ether oxygens (including phenoxy) is 2. The van der Waals surface area contributed by atoms with Crippen LogP contribution in [-0.2, 0) is 11.8 Å². The van der Waals surface area contributed by atoms with Gasteiger partial charge in [-0.3, -0.25) is 9.55 Å². The molecular formula is C20H20N8O3. The van der Waals surface area contributed by atoms with Crippen molar-refractivity contribution in [2.75, 3.05) is 7.11 Å². The average molecular weight is 420 g/mol. The number of carbonyl (C=O) groups excluding carboxylic acids is 1. The first kappa shape index (κ1) is 20.1. The van der Waals surface area contributed by atoms with E-state index in [4.69, 9.17) is 4.74 Å². The monoisotopic (exact) mass is 420 g/mol. The first-order valence-corrected chi connectivity index (χ1v) is 9.44. The third-order valence-corrected chi connectivity index (χ3v) is 4.56. The second-order valence-electron chi connectivity index (χ2n) is 6.83. The molecule has 4 rings (SSSR count). The van der Waals surface area contributed by atoms with Crippen molar-refractivity contribution in [2.45, 2.75) is 20.0 Å². The summed E-state index contributed by atoms with van der Waals surface area (Å²) in [5, 5.41) is 20.8. The molecule has 31 heavy (non-hydrogen) atoms. The number of nitrogens with zero attached hydrogens (tertiary/aromatic N) is 8. The fraction of sp³-hybridized carbons (Fsp3) is 0.250. The topological polar surface area (TPSA) is 123 Å². The second-order valence-corrected chi connectivity index (χ2v) is 6.83. The van der Waals surface area contributed by atoms with Gasteiger partial charge in [-0.15, -0.1) is 20.1 Å². The zero-order valence-corrected chi connectivity index (χ0v) is 17.4. The van der Waals surface area contributed by atoms with Crippen molar-refractivity contribution in [3.63, 3.8) is 0 Å². The van der Waals surface area contributed by atoms with Crippen LogP contribution in [0.2, 0.25) is 0 Å². The minimum absolute atomic E-state index is 0.272. The summed E-state index contributed by atoms with van der Waals surface area (Å²) >= 11 is 0. The zero-order valence-electron chi connectivity index (χ0n) is 17.4. The Morgan fingerprint density at radius 2 is 1.97 bits per heavy atom. The van der Waals surface area contributed by atoms with Gasteiger partial charge in [0.1, 0.15) is 5.69 Å². The molecule has 0 radical (unpaired) electrons. The summed E-state index contributed by atoms with van der Waals surface area (Å²) in [6.45, 7) is 3.80. The molecule has 3 heterocycles. The Morgan fingerprint density at radius 3 is 2.68 bits per heavy atom. The van der Waals surface area contributed by atoms with Crippen LogP contribution in [0.15, 0.2) is 42.6 Å². The van der Waals surface area contributed by atoms with Crippen molar-refractivity contribution in [1.29, 1.82) is 0 Å². The Labute approximate surface area is 177 Å². The molecule has 0 N–H and O–H groups in total. The minimum Gasteiger partial charge on any atom is -0.465 e. The summed E-state index contributed by atoms with van der Waals surface area (Å²) in [6.07, 6.45) is 0.913. The fourth-order valence-corrected chi connectivity index (χ4v) is 2.87. The maximum absolute atomic E-state index is 11.6. The van der Waals surface area contributed by atoms with Crippen molar-refractivity contribution in [3.8, 4) is 23.2 Å². The van der Waals surface area contributed by atoms with E-state index < -0.39 is 12.1 Å². The number of hydrogen-bond acceptors (Lipinski definition) is 9. The number of pyridine rings is 1. The third kappa shape index (κ3) is 4.10. The van der Waals surface area contributed by atoms with E-state index in [-0.39, 0.29) is 6.01 Å². The van der Waals surface area contributed by atoms with Gasteiger partial charge in [-0.2, -0.15) is 0 Å². The number of aromatic nitrogens is 8. The Hall–Kier alpha value is -4.15. The van der Waals surface area contributed by atoms with Crippen LogP contribution in [0.3, 0.4) is 0 Å². The van der Waals surface area contributed by atoms with Gasteiger partial charge < -0.3 is 9.47 Å². The first-order valence-electron chi connectivity index (χ1n) is 9.44. The van der Waals surface area contributed by atoms with Crippen LogP contribution in [0.4, 0.5) is 0 Å². The van der Waals surface area contributed by atoms with Crippen molar-refractivity contribution in [1.82, 2.24) is 40.0 Å². The van der Waals surface area contributed by atoms with E-state index in [0.29, 0.717) is 22.9 Å². The molecule has 0 saturated carbocycles. The number of benzene rings is 1. The number of carbonyl (C=O) groups is 1. The lowest BCUT2D eigenvalue weighted by Crippen LogP contribution is -2.09. The van der Waals surface area contributed by atoms with Crippen LogP contribution in [0.1, 0.15) is 34.8 Å². The van der Waals surface area contributed by atoms with Crippen LogP contribution in [-0.4, -0.2) is 53.0 Å². The predicted octanol–water partition coefficient (Wildman–Crippen LogP) is 2.09. The third-order valence-electron chi connectivity index (χ3n) is 4.56. The molecule has 11 nitrogen and oxygen atoms in total. The first-order chi connectivity index (χ1) is 15.0. The lowest BCUT2D eigenvalue weighted by molar-refractivity contribution is 0.0600. The fourth-order valence-electron chi connectivity index (χ4n) is 2.87. The number of methoxy groups -OCH3 is 1. The van der Waals surface area contributed by atoms with E-state index in [9.17, 15) is 4.79 Å². The van der Waals surface area contributed by atoms with Gasteiger partial charge >= 0.3 is 12.0 Å². The van der Waals surface area contributed by atoms with Gasteiger partial charge in [0.25, 0.3) is 0 Å². The molecule has 0 amide bonds. The maximum Gasteiger partial charge on any atom is 0.339 e. The number of tetrazole rings is 1. The largest absolute Gasteiger partial charge is 0.465 e. The van der Waals surface area contributed by atoms with Gasteiger partial charge in [0.05, 0.1) is 18.4 Å². The summed E-state index contributed by atoms with van der Waals surface area (Å²) in [7, 11) is 3.07. The highest BCUT2D eigenvalue weighted by Crippen LogP contribution is 2.22. The molecule has 158 valence electrons. The summed E-state index contributed by atoms with van der Waals surface area (Å²) in [5.41, 5.74) is 2.80. The van der Waals surface area contributed by atoms with Crippen molar-refractivity contribution < 1.29 is 14.3 Å². The molecule has 1 atom stereocenters. The van der Waals surface area contributed by atoms with Crippen LogP contribution in [0.25, 0.3) is 17.2 Å². The molecule has 0 spiro atoms. The van der Waals surface area contributed by atoms with Crippen molar-refractivity contribution in [2.24, 2.45) is 7.05 Å². The lowest BCUT2D eigenvalue weighted by atomic mass is 10.2. The van der Waals surface area contributed by atoms with Gasteiger partial charge in [0.15, 0.2) is 11.9 Å². The predicted molar refractivity (Wildman–Crippen MR) is 109 cm³/mol. The highest BCUT2D eigenvalue weighted by atomic mass is 16.5. The number of rotatable bonds is 6. The van der Waals surface area contributed by atoms with E-state index in [1.807, 2.05) is 31.2 Å². The summed E-state index contributed by atoms with van der Waals surface area (Å²) in [4.78, 5) is 17.3. The number of hydrogen-bond donors (Lipinski definition) is 0. The Balaban J connectivity index is 1.50. The quantitative estimate of drug-likeness (QED) is 0.431. The smallest absolute Gasteiger partial charge is 0.339 e. The molecule has 0 unspecified atom stereocenters. The second kappa shape index (κ2) is 8.30. The van der Waals surface area contributed by atoms with Crippen molar-refractivity contribution >= 4 is 5.97 Å². The Bertz CT molecular complexity index is 1220. The van der Waals surface area contributed by atoms with Gasteiger partial charge in [-0.1, -0.05) is 17.2 Å². The molecule has 0 aliphatic rings. The molecule has 0 aliphatic heterocycles. The van der Waals surface area contributed by atoms with E-state index in [0.717, 1.165) is 11.3 Å².